The van der Waals surface area contributed by atoms with Crippen LogP contribution in [0.15, 0.2) is 18.3 Å². The number of aromatic nitrogens is 1. The number of nitrogens with two attached hydrogens (primary N) is 1. The van der Waals surface area contributed by atoms with Gasteiger partial charge in [0.25, 0.3) is 0 Å². The minimum absolute atomic E-state index is 0.0175. The Labute approximate surface area is 103 Å². The molecule has 0 aromatic carbocycles. The lowest BCUT2D eigenvalue weighted by Gasteiger charge is -2.06. The summed E-state index contributed by atoms with van der Waals surface area (Å²) < 4.78 is 5.55. The molecule has 0 aliphatic heterocycles. The van der Waals surface area contributed by atoms with E-state index in [0.717, 1.165) is 18.8 Å². The van der Waals surface area contributed by atoms with Crippen molar-refractivity contribution in [2.75, 3.05) is 6.61 Å². The van der Waals surface area contributed by atoms with E-state index in [9.17, 15) is 0 Å². The molecule has 0 amide bonds. The van der Waals surface area contributed by atoms with Crippen LogP contribution in [0.1, 0.15) is 44.7 Å². The first kappa shape index (κ1) is 13.5. The van der Waals surface area contributed by atoms with E-state index in [-0.39, 0.29) is 5.84 Å². The van der Waals surface area contributed by atoms with E-state index in [1.807, 2.05) is 0 Å². The summed E-state index contributed by atoms with van der Waals surface area (Å²) in [6, 6.07) is 3.50. The Hall–Kier alpha value is -1.58. The van der Waals surface area contributed by atoms with Crippen molar-refractivity contribution in [1.82, 2.24) is 4.98 Å². The van der Waals surface area contributed by atoms with Crippen molar-refractivity contribution in [2.45, 2.75) is 39.0 Å². The van der Waals surface area contributed by atoms with Gasteiger partial charge in [-0.15, -0.1) is 0 Å². The first-order valence-electron chi connectivity index (χ1n) is 6.17. The number of pyridine rings is 1. The molecular weight excluding hydrogens is 214 g/mol. The first-order chi connectivity index (χ1) is 8.24. The van der Waals surface area contributed by atoms with Crippen molar-refractivity contribution >= 4 is 5.84 Å². The molecule has 0 bridgehead atoms. The second kappa shape index (κ2) is 7.65. The van der Waals surface area contributed by atoms with Crippen LogP contribution in [0.5, 0.6) is 5.75 Å². The zero-order chi connectivity index (χ0) is 12.5. The topological polar surface area (TPSA) is 72.0 Å². The third kappa shape index (κ3) is 5.33. The Kier molecular flexibility index (Phi) is 6.07. The normalized spacial score (nSPS) is 10.2. The van der Waals surface area contributed by atoms with Gasteiger partial charge >= 0.3 is 0 Å². The molecule has 0 radical (unpaired) electrons. The fourth-order valence-corrected chi connectivity index (χ4v) is 1.52. The highest BCUT2D eigenvalue weighted by atomic mass is 16.5. The Balaban J connectivity index is 2.21. The lowest BCUT2D eigenvalue weighted by Crippen LogP contribution is -2.12. The lowest BCUT2D eigenvalue weighted by atomic mass is 10.2. The maximum Gasteiger partial charge on any atom is 0.141 e. The van der Waals surface area contributed by atoms with Crippen LogP contribution in [0.4, 0.5) is 0 Å². The molecule has 0 saturated heterocycles. The molecule has 4 nitrogen and oxygen atoms in total. The maximum atomic E-state index is 7.21. The Morgan fingerprint density at radius 3 is 2.65 bits per heavy atom. The molecule has 1 aromatic heterocycles. The molecule has 4 heteroatoms. The molecule has 1 rings (SSSR count). The van der Waals surface area contributed by atoms with E-state index in [2.05, 4.69) is 11.9 Å². The summed E-state index contributed by atoms with van der Waals surface area (Å²) in [5.74, 6) is 0.724. The number of nitrogen functional groups attached to an aromatic ring is 1. The molecule has 0 fully saturated rings. The monoisotopic (exact) mass is 235 g/mol. The van der Waals surface area contributed by atoms with Gasteiger partial charge in [0.15, 0.2) is 0 Å². The highest BCUT2D eigenvalue weighted by Gasteiger charge is 1.99. The predicted octanol–water partition coefficient (Wildman–Crippen LogP) is 2.71. The fraction of sp³-hybridized carbons (Fsp3) is 0.538. The van der Waals surface area contributed by atoms with Crippen LogP contribution >= 0.6 is 0 Å². The molecule has 0 unspecified atom stereocenters. The fourth-order valence-electron chi connectivity index (χ4n) is 1.52. The van der Waals surface area contributed by atoms with Crippen LogP contribution in [-0.4, -0.2) is 17.4 Å². The summed E-state index contributed by atoms with van der Waals surface area (Å²) in [4.78, 5) is 4.03. The van der Waals surface area contributed by atoms with Crippen molar-refractivity contribution in [3.63, 3.8) is 0 Å². The highest BCUT2D eigenvalue weighted by Crippen LogP contribution is 2.10. The van der Waals surface area contributed by atoms with Gasteiger partial charge in [0.05, 0.1) is 12.8 Å². The standard InChI is InChI=1S/C13H21N3O/c1-2-3-4-5-6-9-17-11-7-8-12(13(14)15)16-10-11/h7-8,10H,2-6,9H2,1H3,(H3,14,15). The van der Waals surface area contributed by atoms with Crippen molar-refractivity contribution in [3.8, 4) is 5.75 Å². The van der Waals surface area contributed by atoms with Gasteiger partial charge in [-0.25, -0.2) is 4.98 Å². The number of amidine groups is 1. The summed E-state index contributed by atoms with van der Waals surface area (Å²) in [6.07, 6.45) is 7.75. The largest absolute Gasteiger partial charge is 0.492 e. The molecule has 17 heavy (non-hydrogen) atoms. The van der Waals surface area contributed by atoms with Crippen LogP contribution in [0.25, 0.3) is 0 Å². The van der Waals surface area contributed by atoms with E-state index in [1.165, 1.54) is 25.7 Å². The second-order valence-electron chi connectivity index (χ2n) is 4.06. The van der Waals surface area contributed by atoms with Gasteiger partial charge in [-0.1, -0.05) is 32.6 Å². The van der Waals surface area contributed by atoms with Crippen LogP contribution in [-0.2, 0) is 0 Å². The van der Waals surface area contributed by atoms with E-state index in [4.69, 9.17) is 15.9 Å². The predicted molar refractivity (Wildman–Crippen MR) is 69.5 cm³/mol. The Morgan fingerprint density at radius 1 is 1.29 bits per heavy atom. The van der Waals surface area contributed by atoms with Gasteiger partial charge in [0.2, 0.25) is 0 Å². The Morgan fingerprint density at radius 2 is 2.06 bits per heavy atom. The molecule has 0 spiro atoms. The minimum Gasteiger partial charge on any atom is -0.492 e. The lowest BCUT2D eigenvalue weighted by molar-refractivity contribution is 0.303. The summed E-state index contributed by atoms with van der Waals surface area (Å²) >= 11 is 0. The van der Waals surface area contributed by atoms with Gasteiger partial charge in [0.1, 0.15) is 17.3 Å². The third-order valence-corrected chi connectivity index (χ3v) is 2.53. The number of hydrogen-bond donors (Lipinski definition) is 2. The van der Waals surface area contributed by atoms with Crippen LogP contribution in [0, 0.1) is 5.41 Å². The molecule has 3 N–H and O–H groups in total. The van der Waals surface area contributed by atoms with Gasteiger partial charge < -0.3 is 10.5 Å². The van der Waals surface area contributed by atoms with Crippen LogP contribution in [0.3, 0.4) is 0 Å². The molecule has 1 aromatic rings. The molecule has 1 heterocycles. The van der Waals surface area contributed by atoms with Gasteiger partial charge in [0, 0.05) is 0 Å². The number of ether oxygens (including phenoxy) is 1. The number of nitrogens with zero attached hydrogens (tertiary/aromatic N) is 1. The smallest absolute Gasteiger partial charge is 0.141 e. The van der Waals surface area contributed by atoms with E-state index in [1.54, 1.807) is 18.3 Å². The SMILES string of the molecule is CCCCCCCOc1ccc(C(=N)N)nc1. The molecular formula is C13H21N3O. The van der Waals surface area contributed by atoms with Gasteiger partial charge in [-0.2, -0.15) is 0 Å². The number of unbranched alkanes of at least 4 members (excludes halogenated alkanes) is 4. The second-order valence-corrected chi connectivity index (χ2v) is 4.06. The summed E-state index contributed by atoms with van der Waals surface area (Å²) in [7, 11) is 0. The minimum atomic E-state index is -0.0175. The van der Waals surface area contributed by atoms with Crippen molar-refractivity contribution < 1.29 is 4.74 Å². The van der Waals surface area contributed by atoms with Gasteiger partial charge in [-0.05, 0) is 18.6 Å². The molecule has 0 aliphatic rings. The first-order valence-corrected chi connectivity index (χ1v) is 6.17. The summed E-state index contributed by atoms with van der Waals surface area (Å²) in [5.41, 5.74) is 5.80. The molecule has 0 saturated carbocycles. The maximum absolute atomic E-state index is 7.21. The quantitative estimate of drug-likeness (QED) is 0.413. The van der Waals surface area contributed by atoms with Crippen molar-refractivity contribution in [3.05, 3.63) is 24.0 Å². The highest BCUT2D eigenvalue weighted by molar-refractivity contribution is 5.92. The summed E-state index contributed by atoms with van der Waals surface area (Å²) in [5, 5.41) is 7.21. The average molecular weight is 235 g/mol. The van der Waals surface area contributed by atoms with Crippen molar-refractivity contribution in [2.24, 2.45) is 5.73 Å². The van der Waals surface area contributed by atoms with Crippen LogP contribution in [0.2, 0.25) is 0 Å². The average Bonchev–Trinajstić information content (AvgIpc) is 2.34. The van der Waals surface area contributed by atoms with E-state index in [0.29, 0.717) is 5.69 Å². The van der Waals surface area contributed by atoms with E-state index < -0.39 is 0 Å². The molecule has 94 valence electrons. The summed E-state index contributed by atoms with van der Waals surface area (Å²) in [6.45, 7) is 2.93. The zero-order valence-electron chi connectivity index (χ0n) is 10.4. The number of nitrogens with one attached hydrogen (secondary N) is 1. The number of rotatable bonds is 8. The van der Waals surface area contributed by atoms with Gasteiger partial charge in [-0.3, -0.25) is 5.41 Å². The molecule has 0 atom stereocenters. The zero-order valence-corrected chi connectivity index (χ0v) is 10.4. The third-order valence-electron chi connectivity index (χ3n) is 2.53. The molecule has 0 aliphatic carbocycles. The van der Waals surface area contributed by atoms with Crippen molar-refractivity contribution in [1.29, 1.82) is 5.41 Å². The Bertz CT molecular complexity index is 335. The van der Waals surface area contributed by atoms with E-state index >= 15 is 0 Å². The number of hydrogen-bond acceptors (Lipinski definition) is 3. The van der Waals surface area contributed by atoms with Crippen LogP contribution < -0.4 is 10.5 Å².